The average molecular weight is 205 g/mol. The highest BCUT2D eigenvalue weighted by molar-refractivity contribution is 6.02. The molecule has 15 heavy (non-hydrogen) atoms. The first-order valence-corrected chi connectivity index (χ1v) is 5.05. The van der Waals surface area contributed by atoms with Crippen molar-refractivity contribution in [3.63, 3.8) is 0 Å². The molecule has 0 aliphatic carbocycles. The summed E-state index contributed by atoms with van der Waals surface area (Å²) < 4.78 is 0. The van der Waals surface area contributed by atoms with Crippen molar-refractivity contribution in [2.24, 2.45) is 10.9 Å². The van der Waals surface area contributed by atoms with E-state index in [1.807, 2.05) is 19.2 Å². The van der Waals surface area contributed by atoms with Crippen LogP contribution in [0.3, 0.4) is 0 Å². The molecule has 0 fully saturated rings. The third-order valence-corrected chi connectivity index (χ3v) is 2.82. The van der Waals surface area contributed by atoms with Crippen molar-refractivity contribution in [3.8, 4) is 0 Å². The van der Waals surface area contributed by atoms with Crippen molar-refractivity contribution in [3.05, 3.63) is 29.3 Å². The summed E-state index contributed by atoms with van der Waals surface area (Å²) in [6, 6.07) is 5.93. The second-order valence-corrected chi connectivity index (χ2v) is 3.82. The number of benzene rings is 1. The van der Waals surface area contributed by atoms with Gasteiger partial charge in [-0.2, -0.15) is 0 Å². The zero-order valence-electron chi connectivity index (χ0n) is 8.77. The molecule has 1 heterocycles. The Kier molecular flexibility index (Phi) is 2.49. The third-order valence-electron chi connectivity index (χ3n) is 2.82. The average Bonchev–Trinajstić information content (AvgIpc) is 2.28. The lowest BCUT2D eigenvalue weighted by molar-refractivity contribution is 0.318. The molecule has 80 valence electrons. The lowest BCUT2D eigenvalue weighted by Crippen LogP contribution is -2.28. The van der Waals surface area contributed by atoms with E-state index >= 15 is 0 Å². The molecule has 0 atom stereocenters. The smallest absolute Gasteiger partial charge is 0.172 e. The summed E-state index contributed by atoms with van der Waals surface area (Å²) in [4.78, 5) is 2.16. The van der Waals surface area contributed by atoms with Gasteiger partial charge < -0.3 is 15.8 Å². The Morgan fingerprint density at radius 2 is 2.33 bits per heavy atom. The number of nitrogens with zero attached hydrogens (tertiary/aromatic N) is 2. The molecule has 4 nitrogen and oxygen atoms in total. The number of amidine groups is 1. The van der Waals surface area contributed by atoms with Gasteiger partial charge in [0, 0.05) is 19.2 Å². The van der Waals surface area contributed by atoms with Crippen molar-refractivity contribution < 1.29 is 5.21 Å². The van der Waals surface area contributed by atoms with E-state index in [0.29, 0.717) is 0 Å². The van der Waals surface area contributed by atoms with Gasteiger partial charge in [-0.3, -0.25) is 0 Å². The van der Waals surface area contributed by atoms with E-state index in [-0.39, 0.29) is 5.84 Å². The number of hydrogen-bond donors (Lipinski definition) is 2. The van der Waals surface area contributed by atoms with Gasteiger partial charge in [-0.1, -0.05) is 17.3 Å². The zero-order valence-corrected chi connectivity index (χ0v) is 8.77. The highest BCUT2D eigenvalue weighted by Gasteiger charge is 2.18. The molecule has 0 saturated heterocycles. The zero-order chi connectivity index (χ0) is 10.8. The number of rotatable bonds is 1. The van der Waals surface area contributed by atoms with E-state index in [4.69, 9.17) is 10.9 Å². The molecule has 1 aliphatic heterocycles. The van der Waals surface area contributed by atoms with E-state index < -0.39 is 0 Å². The molecule has 0 radical (unpaired) electrons. The normalized spacial score (nSPS) is 16.3. The Balaban J connectivity index is 2.56. The first-order chi connectivity index (χ1) is 7.24. The monoisotopic (exact) mass is 205 g/mol. The lowest BCUT2D eigenvalue weighted by Gasteiger charge is -2.29. The van der Waals surface area contributed by atoms with Crippen LogP contribution in [-0.2, 0) is 6.42 Å². The van der Waals surface area contributed by atoms with Crippen LogP contribution in [0.4, 0.5) is 5.69 Å². The number of hydrogen-bond acceptors (Lipinski definition) is 3. The Morgan fingerprint density at radius 3 is 3.07 bits per heavy atom. The van der Waals surface area contributed by atoms with Gasteiger partial charge in [0.05, 0.1) is 5.69 Å². The molecule has 4 heteroatoms. The van der Waals surface area contributed by atoms with Gasteiger partial charge in [-0.15, -0.1) is 0 Å². The first kappa shape index (κ1) is 9.83. The van der Waals surface area contributed by atoms with Crippen LogP contribution in [0, 0.1) is 0 Å². The number of para-hydroxylation sites is 1. The Morgan fingerprint density at radius 1 is 1.53 bits per heavy atom. The SMILES string of the molecule is CN1CCCc2cccc(/C(N)=N\O)c21. The maximum Gasteiger partial charge on any atom is 0.172 e. The predicted molar refractivity (Wildman–Crippen MR) is 60.5 cm³/mol. The maximum atomic E-state index is 8.72. The van der Waals surface area contributed by atoms with Crippen LogP contribution in [0.25, 0.3) is 0 Å². The fourth-order valence-electron chi connectivity index (χ4n) is 2.12. The lowest BCUT2D eigenvalue weighted by atomic mass is 9.98. The molecule has 0 amide bonds. The van der Waals surface area contributed by atoms with Gasteiger partial charge >= 0.3 is 0 Å². The number of aryl methyl sites for hydroxylation is 1. The molecule has 0 bridgehead atoms. The maximum absolute atomic E-state index is 8.72. The number of oxime groups is 1. The van der Waals surface area contributed by atoms with Crippen molar-refractivity contribution in [1.29, 1.82) is 0 Å². The Labute approximate surface area is 89.0 Å². The first-order valence-electron chi connectivity index (χ1n) is 5.05. The molecule has 1 aliphatic rings. The minimum absolute atomic E-state index is 0.181. The molecule has 0 unspecified atom stereocenters. The van der Waals surface area contributed by atoms with Crippen LogP contribution in [0.1, 0.15) is 17.5 Å². The molecule has 1 aromatic rings. The highest BCUT2D eigenvalue weighted by atomic mass is 16.4. The third kappa shape index (κ3) is 1.63. The molecular formula is C11H15N3O. The van der Waals surface area contributed by atoms with E-state index in [0.717, 1.165) is 30.6 Å². The molecule has 0 aromatic heterocycles. The van der Waals surface area contributed by atoms with Crippen LogP contribution in [0.15, 0.2) is 23.4 Å². The predicted octanol–water partition coefficient (Wildman–Crippen LogP) is 1.16. The van der Waals surface area contributed by atoms with E-state index in [2.05, 4.69) is 16.1 Å². The second kappa shape index (κ2) is 3.81. The van der Waals surface area contributed by atoms with Crippen LogP contribution < -0.4 is 10.6 Å². The molecular weight excluding hydrogens is 190 g/mol. The molecule has 0 spiro atoms. The van der Waals surface area contributed by atoms with Gasteiger partial charge in [0.2, 0.25) is 0 Å². The summed E-state index contributed by atoms with van der Waals surface area (Å²) in [5.41, 5.74) is 8.84. The molecule has 1 aromatic carbocycles. The van der Waals surface area contributed by atoms with Crippen molar-refractivity contribution in [2.75, 3.05) is 18.5 Å². The van der Waals surface area contributed by atoms with Gasteiger partial charge in [0.1, 0.15) is 0 Å². The summed E-state index contributed by atoms with van der Waals surface area (Å²) in [5.74, 6) is 0.181. The molecule has 2 rings (SSSR count). The van der Waals surface area contributed by atoms with Gasteiger partial charge in [0.25, 0.3) is 0 Å². The topological polar surface area (TPSA) is 61.8 Å². The van der Waals surface area contributed by atoms with Crippen LogP contribution in [0.2, 0.25) is 0 Å². The Hall–Kier alpha value is -1.71. The van der Waals surface area contributed by atoms with Crippen LogP contribution in [0.5, 0.6) is 0 Å². The summed E-state index contributed by atoms with van der Waals surface area (Å²) in [6.07, 6.45) is 2.22. The minimum Gasteiger partial charge on any atom is -0.409 e. The highest BCUT2D eigenvalue weighted by Crippen LogP contribution is 2.29. The minimum atomic E-state index is 0.181. The molecule has 0 saturated carbocycles. The number of fused-ring (bicyclic) bond motifs is 1. The summed E-state index contributed by atoms with van der Waals surface area (Å²) >= 11 is 0. The van der Waals surface area contributed by atoms with E-state index in [1.165, 1.54) is 5.56 Å². The summed E-state index contributed by atoms with van der Waals surface area (Å²) in [7, 11) is 2.03. The van der Waals surface area contributed by atoms with Crippen LogP contribution >= 0.6 is 0 Å². The number of nitrogens with two attached hydrogens (primary N) is 1. The molecule has 3 N–H and O–H groups in total. The van der Waals surface area contributed by atoms with Crippen molar-refractivity contribution in [1.82, 2.24) is 0 Å². The summed E-state index contributed by atoms with van der Waals surface area (Å²) in [5, 5.41) is 11.8. The van der Waals surface area contributed by atoms with Gasteiger partial charge in [0.15, 0.2) is 5.84 Å². The summed E-state index contributed by atoms with van der Waals surface area (Å²) in [6.45, 7) is 1.02. The second-order valence-electron chi connectivity index (χ2n) is 3.82. The fraction of sp³-hybridized carbons (Fsp3) is 0.364. The van der Waals surface area contributed by atoms with Crippen molar-refractivity contribution in [2.45, 2.75) is 12.8 Å². The number of anilines is 1. The standard InChI is InChI=1S/C11H15N3O/c1-14-7-3-5-8-4-2-6-9(10(8)14)11(12)13-15/h2,4,6,15H,3,5,7H2,1H3,(H2,12,13). The largest absolute Gasteiger partial charge is 0.409 e. The van der Waals surface area contributed by atoms with Crippen LogP contribution in [-0.4, -0.2) is 24.6 Å². The van der Waals surface area contributed by atoms with E-state index in [1.54, 1.807) is 0 Å². The Bertz CT molecular complexity index is 401. The van der Waals surface area contributed by atoms with E-state index in [9.17, 15) is 0 Å². The fourth-order valence-corrected chi connectivity index (χ4v) is 2.12. The van der Waals surface area contributed by atoms with Gasteiger partial charge in [-0.25, -0.2) is 0 Å². The van der Waals surface area contributed by atoms with Gasteiger partial charge in [-0.05, 0) is 24.5 Å². The van der Waals surface area contributed by atoms with Crippen molar-refractivity contribution >= 4 is 11.5 Å². The quantitative estimate of drug-likeness (QED) is 0.313.